The Bertz CT molecular complexity index is 913. The fourth-order valence-corrected chi connectivity index (χ4v) is 3.72. The quantitative estimate of drug-likeness (QED) is 0.675. The number of nitrogens with zero attached hydrogens (tertiary/aromatic N) is 2. The summed E-state index contributed by atoms with van der Waals surface area (Å²) in [5, 5.41) is 3.41. The summed E-state index contributed by atoms with van der Waals surface area (Å²) in [5.41, 5.74) is 1.40. The molecule has 2 amide bonds. The van der Waals surface area contributed by atoms with Gasteiger partial charge in [-0.2, -0.15) is 0 Å². The maximum absolute atomic E-state index is 12.6. The van der Waals surface area contributed by atoms with Crippen molar-refractivity contribution < 1.29 is 19.1 Å². The van der Waals surface area contributed by atoms with Crippen LogP contribution in [0.1, 0.15) is 24.2 Å². The summed E-state index contributed by atoms with van der Waals surface area (Å²) < 4.78 is 11.1. The lowest BCUT2D eigenvalue weighted by Gasteiger charge is -2.36. The van der Waals surface area contributed by atoms with Gasteiger partial charge >= 0.3 is 0 Å². The van der Waals surface area contributed by atoms with Gasteiger partial charge in [0.25, 0.3) is 5.91 Å². The van der Waals surface area contributed by atoms with E-state index in [1.54, 1.807) is 23.1 Å². The summed E-state index contributed by atoms with van der Waals surface area (Å²) >= 11 is 6.27. The second-order valence-corrected chi connectivity index (χ2v) is 7.44. The third kappa shape index (κ3) is 5.82. The normalized spacial score (nSPS) is 13.6. The molecule has 0 saturated carbocycles. The maximum atomic E-state index is 12.6. The Morgan fingerprint density at radius 2 is 1.65 bits per heavy atom. The van der Waals surface area contributed by atoms with Crippen molar-refractivity contribution in [2.24, 2.45) is 0 Å². The van der Waals surface area contributed by atoms with Crippen molar-refractivity contribution in [1.82, 2.24) is 10.2 Å². The molecule has 0 aliphatic carbocycles. The molecule has 2 aromatic rings. The number of hydrogen-bond donors (Lipinski definition) is 1. The zero-order chi connectivity index (χ0) is 22.2. The number of piperazine rings is 1. The molecule has 1 saturated heterocycles. The number of hydrogen-bond acceptors (Lipinski definition) is 5. The van der Waals surface area contributed by atoms with E-state index in [-0.39, 0.29) is 18.4 Å². The third-order valence-corrected chi connectivity index (χ3v) is 5.35. The van der Waals surface area contributed by atoms with Crippen LogP contribution in [0.3, 0.4) is 0 Å². The van der Waals surface area contributed by atoms with Gasteiger partial charge in [0, 0.05) is 31.7 Å². The SMILES string of the molecule is CCOc1ccc(C(=O)NCC(=O)N2CCN(c3ccccc3Cl)CC2)cc1OCC. The van der Waals surface area contributed by atoms with Crippen LogP contribution in [0.5, 0.6) is 11.5 Å². The molecule has 3 rings (SSSR count). The molecular weight excluding hydrogens is 418 g/mol. The van der Waals surface area contributed by atoms with E-state index in [4.69, 9.17) is 21.1 Å². The minimum atomic E-state index is -0.327. The number of halogens is 1. The zero-order valence-corrected chi connectivity index (χ0v) is 18.7. The van der Waals surface area contributed by atoms with Gasteiger partial charge in [0.1, 0.15) is 0 Å². The number of amides is 2. The highest BCUT2D eigenvalue weighted by Crippen LogP contribution is 2.28. The van der Waals surface area contributed by atoms with Crippen LogP contribution in [0.4, 0.5) is 5.69 Å². The van der Waals surface area contributed by atoms with Crippen molar-refractivity contribution in [2.75, 3.05) is 50.8 Å². The number of rotatable bonds is 8. The van der Waals surface area contributed by atoms with Crippen molar-refractivity contribution in [3.63, 3.8) is 0 Å². The molecule has 1 N–H and O–H groups in total. The van der Waals surface area contributed by atoms with Crippen LogP contribution in [-0.4, -0.2) is 62.7 Å². The minimum absolute atomic E-state index is 0.0535. The minimum Gasteiger partial charge on any atom is -0.490 e. The van der Waals surface area contributed by atoms with Gasteiger partial charge in [0.2, 0.25) is 5.91 Å². The van der Waals surface area contributed by atoms with Gasteiger partial charge in [-0.1, -0.05) is 23.7 Å². The van der Waals surface area contributed by atoms with E-state index in [1.807, 2.05) is 38.1 Å². The summed E-state index contributed by atoms with van der Waals surface area (Å²) in [7, 11) is 0. The highest BCUT2D eigenvalue weighted by molar-refractivity contribution is 6.33. The Kier molecular flexibility index (Phi) is 8.00. The first-order valence-corrected chi connectivity index (χ1v) is 10.9. The number of anilines is 1. The second kappa shape index (κ2) is 10.9. The number of para-hydroxylation sites is 1. The average molecular weight is 446 g/mol. The molecule has 2 aromatic carbocycles. The Labute approximate surface area is 187 Å². The Balaban J connectivity index is 1.52. The molecule has 1 fully saturated rings. The molecule has 0 unspecified atom stereocenters. The molecule has 0 bridgehead atoms. The van der Waals surface area contributed by atoms with Crippen LogP contribution in [0.25, 0.3) is 0 Å². The van der Waals surface area contributed by atoms with E-state index >= 15 is 0 Å². The Morgan fingerprint density at radius 1 is 0.968 bits per heavy atom. The summed E-state index contributed by atoms with van der Waals surface area (Å²) in [6.07, 6.45) is 0. The van der Waals surface area contributed by atoms with Gasteiger partial charge < -0.3 is 24.6 Å². The molecule has 0 atom stereocenters. The smallest absolute Gasteiger partial charge is 0.251 e. The fraction of sp³-hybridized carbons (Fsp3) is 0.391. The van der Waals surface area contributed by atoms with Crippen LogP contribution >= 0.6 is 11.6 Å². The van der Waals surface area contributed by atoms with Crippen LogP contribution in [0.15, 0.2) is 42.5 Å². The third-order valence-electron chi connectivity index (χ3n) is 5.03. The van der Waals surface area contributed by atoms with Crippen LogP contribution in [0, 0.1) is 0 Å². The van der Waals surface area contributed by atoms with Gasteiger partial charge in [-0.05, 0) is 44.2 Å². The van der Waals surface area contributed by atoms with Crippen molar-refractivity contribution in [3.05, 3.63) is 53.1 Å². The largest absolute Gasteiger partial charge is 0.490 e. The first kappa shape index (κ1) is 22.7. The van der Waals surface area contributed by atoms with Gasteiger partial charge in [0.15, 0.2) is 11.5 Å². The molecule has 1 aliphatic heterocycles. The summed E-state index contributed by atoms with van der Waals surface area (Å²) in [6.45, 7) is 7.22. The molecule has 0 radical (unpaired) electrons. The van der Waals surface area contributed by atoms with E-state index in [1.165, 1.54) is 0 Å². The van der Waals surface area contributed by atoms with Gasteiger partial charge in [-0.3, -0.25) is 9.59 Å². The molecule has 0 aromatic heterocycles. The zero-order valence-electron chi connectivity index (χ0n) is 17.9. The topological polar surface area (TPSA) is 71.1 Å². The number of carbonyl (C=O) groups is 2. The number of ether oxygens (including phenoxy) is 2. The van der Waals surface area contributed by atoms with Crippen molar-refractivity contribution >= 4 is 29.1 Å². The highest BCUT2D eigenvalue weighted by Gasteiger charge is 2.23. The lowest BCUT2D eigenvalue weighted by Crippen LogP contribution is -2.51. The molecule has 1 heterocycles. The number of carbonyl (C=O) groups excluding carboxylic acids is 2. The number of benzene rings is 2. The van der Waals surface area contributed by atoms with Gasteiger partial charge in [-0.15, -0.1) is 0 Å². The molecule has 7 nitrogen and oxygen atoms in total. The summed E-state index contributed by atoms with van der Waals surface area (Å²) in [6, 6.07) is 12.7. The molecule has 166 valence electrons. The predicted molar refractivity (Wildman–Crippen MR) is 121 cm³/mol. The number of nitrogens with one attached hydrogen (secondary N) is 1. The van der Waals surface area contributed by atoms with E-state index in [0.717, 1.165) is 5.69 Å². The first-order valence-electron chi connectivity index (χ1n) is 10.5. The van der Waals surface area contributed by atoms with Crippen LogP contribution < -0.4 is 19.7 Å². The van der Waals surface area contributed by atoms with E-state index < -0.39 is 0 Å². The predicted octanol–water partition coefficient (Wildman–Crippen LogP) is 3.22. The maximum Gasteiger partial charge on any atom is 0.251 e. The molecule has 31 heavy (non-hydrogen) atoms. The van der Waals surface area contributed by atoms with E-state index in [0.29, 0.717) is 61.5 Å². The molecule has 8 heteroatoms. The Hall–Kier alpha value is -2.93. The standard InChI is InChI=1S/C23H28ClN3O4/c1-3-30-20-10-9-17(15-21(20)31-4-2)23(29)25-16-22(28)27-13-11-26(12-14-27)19-8-6-5-7-18(19)24/h5-10,15H,3-4,11-14,16H2,1-2H3,(H,25,29). The van der Waals surface area contributed by atoms with E-state index in [9.17, 15) is 9.59 Å². The second-order valence-electron chi connectivity index (χ2n) is 7.03. The molecule has 1 aliphatic rings. The van der Waals surface area contributed by atoms with E-state index in [2.05, 4.69) is 10.2 Å². The van der Waals surface area contributed by atoms with Crippen LogP contribution in [0.2, 0.25) is 5.02 Å². The molecule has 0 spiro atoms. The molecular formula is C23H28ClN3O4. The summed E-state index contributed by atoms with van der Waals surface area (Å²) in [5.74, 6) is 0.669. The average Bonchev–Trinajstić information content (AvgIpc) is 2.79. The lowest BCUT2D eigenvalue weighted by atomic mass is 10.2. The summed E-state index contributed by atoms with van der Waals surface area (Å²) in [4.78, 5) is 29.0. The van der Waals surface area contributed by atoms with Crippen molar-refractivity contribution in [1.29, 1.82) is 0 Å². The van der Waals surface area contributed by atoms with Gasteiger partial charge in [-0.25, -0.2) is 0 Å². The first-order chi connectivity index (χ1) is 15.0. The lowest BCUT2D eigenvalue weighted by molar-refractivity contribution is -0.130. The van der Waals surface area contributed by atoms with Crippen LogP contribution in [-0.2, 0) is 4.79 Å². The van der Waals surface area contributed by atoms with Crippen molar-refractivity contribution in [3.8, 4) is 11.5 Å². The van der Waals surface area contributed by atoms with Gasteiger partial charge in [0.05, 0.1) is 30.5 Å². The highest BCUT2D eigenvalue weighted by atomic mass is 35.5. The Morgan fingerprint density at radius 3 is 2.32 bits per heavy atom. The monoisotopic (exact) mass is 445 g/mol. The van der Waals surface area contributed by atoms with Crippen molar-refractivity contribution in [2.45, 2.75) is 13.8 Å². The fourth-order valence-electron chi connectivity index (χ4n) is 3.47.